The zero-order chi connectivity index (χ0) is 21.1. The molecule has 0 N–H and O–H groups in total. The number of hydrogen-bond donors (Lipinski definition) is 0. The largest absolute Gasteiger partial charge is 0.445 e. The van der Waals surface area contributed by atoms with Crippen LogP contribution in [0.25, 0.3) is 0 Å². The molecule has 30 heavy (non-hydrogen) atoms. The highest BCUT2D eigenvalue weighted by atomic mass is 16.6. The zero-order valence-corrected chi connectivity index (χ0v) is 17.5. The monoisotopic (exact) mass is 408 g/mol. The van der Waals surface area contributed by atoms with Crippen LogP contribution < -0.4 is 4.90 Å². The van der Waals surface area contributed by atoms with Crippen LogP contribution in [0.4, 0.5) is 10.5 Å². The van der Waals surface area contributed by atoms with E-state index in [-0.39, 0.29) is 36.5 Å². The fraction of sp³-hybridized carbons (Fsp3) is 0.417. The Bertz CT molecular complexity index is 868. The number of morpholine rings is 1. The maximum absolute atomic E-state index is 13.1. The van der Waals surface area contributed by atoms with E-state index in [1.807, 2.05) is 73.6 Å². The van der Waals surface area contributed by atoms with Crippen molar-refractivity contribution >= 4 is 17.6 Å². The summed E-state index contributed by atoms with van der Waals surface area (Å²) < 4.78 is 11.3. The molecule has 0 aromatic heterocycles. The molecule has 2 atom stereocenters. The quantitative estimate of drug-likeness (QED) is 0.705. The smallest absolute Gasteiger partial charge is 0.410 e. The summed E-state index contributed by atoms with van der Waals surface area (Å²) in [6.45, 7) is 1.14. The molecule has 2 saturated heterocycles. The highest BCUT2D eigenvalue weighted by Gasteiger charge is 2.44. The van der Waals surface area contributed by atoms with Crippen molar-refractivity contribution in [3.05, 3.63) is 65.7 Å². The minimum Gasteiger partial charge on any atom is -0.445 e. The van der Waals surface area contributed by atoms with Crippen LogP contribution in [0.2, 0.25) is 0 Å². The minimum absolute atomic E-state index is 0.104. The molecular formula is C24H28N2O4. The molecule has 2 aromatic carbocycles. The third-order valence-electron chi connectivity index (χ3n) is 5.98. The van der Waals surface area contributed by atoms with E-state index in [4.69, 9.17) is 9.47 Å². The van der Waals surface area contributed by atoms with Crippen LogP contribution in [-0.2, 0) is 16.1 Å². The second-order valence-electron chi connectivity index (χ2n) is 8.27. The van der Waals surface area contributed by atoms with Gasteiger partial charge in [0.25, 0.3) is 0 Å². The molecule has 2 fully saturated rings. The first-order valence-electron chi connectivity index (χ1n) is 10.4. The van der Waals surface area contributed by atoms with Gasteiger partial charge in [-0.1, -0.05) is 30.3 Å². The number of hydrogen-bond acceptors (Lipinski definition) is 5. The van der Waals surface area contributed by atoms with E-state index < -0.39 is 0 Å². The maximum Gasteiger partial charge on any atom is 0.410 e. The average molecular weight is 408 g/mol. The Hall–Kier alpha value is -2.86. The second-order valence-corrected chi connectivity index (χ2v) is 8.27. The highest BCUT2D eigenvalue weighted by Crippen LogP contribution is 2.34. The van der Waals surface area contributed by atoms with Gasteiger partial charge in [0.05, 0.1) is 25.3 Å². The first-order chi connectivity index (χ1) is 14.5. The van der Waals surface area contributed by atoms with Gasteiger partial charge in [-0.3, -0.25) is 9.69 Å². The molecule has 2 aromatic rings. The minimum atomic E-state index is -0.321. The molecule has 2 aliphatic heterocycles. The van der Waals surface area contributed by atoms with Crippen LogP contribution >= 0.6 is 0 Å². The number of carbonyl (C=O) groups is 2. The number of amides is 1. The van der Waals surface area contributed by atoms with Crippen LogP contribution in [-0.4, -0.2) is 56.2 Å². The summed E-state index contributed by atoms with van der Waals surface area (Å²) in [4.78, 5) is 29.7. The van der Waals surface area contributed by atoms with Crippen molar-refractivity contribution in [1.82, 2.24) is 4.90 Å². The van der Waals surface area contributed by atoms with E-state index in [9.17, 15) is 9.59 Å². The van der Waals surface area contributed by atoms with Crippen LogP contribution in [0.3, 0.4) is 0 Å². The van der Waals surface area contributed by atoms with E-state index in [0.29, 0.717) is 26.1 Å². The lowest BCUT2D eigenvalue weighted by Gasteiger charge is -2.47. The molecule has 6 nitrogen and oxygen atoms in total. The van der Waals surface area contributed by atoms with Gasteiger partial charge >= 0.3 is 6.09 Å². The van der Waals surface area contributed by atoms with Crippen LogP contribution in [0.5, 0.6) is 0 Å². The molecule has 0 radical (unpaired) electrons. The molecule has 4 rings (SSSR count). The summed E-state index contributed by atoms with van der Waals surface area (Å²) in [5, 5.41) is 0. The fourth-order valence-electron chi connectivity index (χ4n) is 4.38. The van der Waals surface area contributed by atoms with E-state index in [1.54, 1.807) is 4.90 Å². The van der Waals surface area contributed by atoms with E-state index >= 15 is 0 Å². The number of fused-ring (bicyclic) bond motifs is 2. The van der Waals surface area contributed by atoms with Crippen molar-refractivity contribution in [3.8, 4) is 0 Å². The average Bonchev–Trinajstić information content (AvgIpc) is 2.77. The summed E-state index contributed by atoms with van der Waals surface area (Å²) in [7, 11) is 3.95. The van der Waals surface area contributed by atoms with Crippen molar-refractivity contribution in [2.75, 3.05) is 32.2 Å². The summed E-state index contributed by atoms with van der Waals surface area (Å²) in [6.07, 6.45) is 0.884. The number of Topliss-reactive ketones (excluding diaryl/α,β-unsaturated/α-hetero) is 1. The molecule has 2 aliphatic rings. The Morgan fingerprint density at radius 1 is 1.00 bits per heavy atom. The van der Waals surface area contributed by atoms with Crippen molar-refractivity contribution in [1.29, 1.82) is 0 Å². The number of nitrogens with zero attached hydrogens (tertiary/aromatic N) is 2. The van der Waals surface area contributed by atoms with Crippen molar-refractivity contribution in [3.63, 3.8) is 0 Å². The van der Waals surface area contributed by atoms with Gasteiger partial charge in [-0.05, 0) is 42.7 Å². The van der Waals surface area contributed by atoms with Crippen LogP contribution in [0.15, 0.2) is 54.6 Å². The molecule has 2 bridgehead atoms. The fourth-order valence-corrected chi connectivity index (χ4v) is 4.38. The Balaban J connectivity index is 1.41. The van der Waals surface area contributed by atoms with E-state index in [1.165, 1.54) is 0 Å². The summed E-state index contributed by atoms with van der Waals surface area (Å²) in [6, 6.07) is 17.1. The third-order valence-corrected chi connectivity index (χ3v) is 5.98. The summed E-state index contributed by atoms with van der Waals surface area (Å²) in [5.41, 5.74) is 2.75. The number of carbonyl (C=O) groups excluding carboxylic acids is 2. The normalized spacial score (nSPS) is 23.0. The number of benzene rings is 2. The Kier molecular flexibility index (Phi) is 6.04. The Morgan fingerprint density at radius 3 is 2.23 bits per heavy atom. The number of piperidine rings is 1. The van der Waals surface area contributed by atoms with Gasteiger partial charge in [0, 0.05) is 31.3 Å². The van der Waals surface area contributed by atoms with Crippen molar-refractivity contribution in [2.45, 2.75) is 31.5 Å². The lowest BCUT2D eigenvalue weighted by molar-refractivity contribution is -0.0755. The standard InChI is InChI=1S/C24H28N2O4/c1-25(2)20-10-8-18(9-11-20)23(27)19-12-21-15-29-16-22(13-19)26(21)24(28)30-14-17-6-4-3-5-7-17/h3-11,19,21-22H,12-16H2,1-2H3. The predicted molar refractivity (Wildman–Crippen MR) is 115 cm³/mol. The number of ketones is 1. The third kappa shape index (κ3) is 4.33. The topological polar surface area (TPSA) is 59.1 Å². The number of ether oxygens (including phenoxy) is 2. The van der Waals surface area contributed by atoms with Gasteiger partial charge in [0.1, 0.15) is 6.61 Å². The molecule has 2 unspecified atom stereocenters. The first kappa shape index (κ1) is 20.4. The van der Waals surface area contributed by atoms with Gasteiger partial charge in [0.2, 0.25) is 0 Å². The SMILES string of the molecule is CN(C)c1ccc(C(=O)C2CC3COCC(C2)N3C(=O)OCc2ccccc2)cc1. The maximum atomic E-state index is 13.1. The van der Waals surface area contributed by atoms with Crippen molar-refractivity contribution < 1.29 is 19.1 Å². The van der Waals surface area contributed by atoms with E-state index in [0.717, 1.165) is 16.8 Å². The van der Waals surface area contributed by atoms with E-state index in [2.05, 4.69) is 0 Å². The van der Waals surface area contributed by atoms with Gasteiger partial charge in [-0.2, -0.15) is 0 Å². The molecule has 1 amide bonds. The lowest BCUT2D eigenvalue weighted by Crippen LogP contribution is -2.59. The second kappa shape index (κ2) is 8.88. The number of anilines is 1. The Labute approximate surface area is 177 Å². The first-order valence-corrected chi connectivity index (χ1v) is 10.4. The van der Waals surface area contributed by atoms with Crippen LogP contribution in [0, 0.1) is 5.92 Å². The van der Waals surface area contributed by atoms with Gasteiger partial charge < -0.3 is 14.4 Å². The molecule has 158 valence electrons. The summed E-state index contributed by atoms with van der Waals surface area (Å²) >= 11 is 0. The predicted octanol–water partition coefficient (Wildman–Crippen LogP) is 3.75. The molecule has 0 spiro atoms. The Morgan fingerprint density at radius 2 is 1.63 bits per heavy atom. The van der Waals surface area contributed by atoms with Gasteiger partial charge in [-0.25, -0.2) is 4.79 Å². The van der Waals surface area contributed by atoms with Crippen LogP contribution in [0.1, 0.15) is 28.8 Å². The summed E-state index contributed by atoms with van der Waals surface area (Å²) in [5.74, 6) is 0.0433. The molecule has 0 aliphatic carbocycles. The highest BCUT2D eigenvalue weighted by molar-refractivity contribution is 5.98. The lowest BCUT2D eigenvalue weighted by atomic mass is 9.81. The molecular weight excluding hydrogens is 380 g/mol. The molecule has 0 saturated carbocycles. The molecule has 2 heterocycles. The van der Waals surface area contributed by atoms with Crippen molar-refractivity contribution in [2.24, 2.45) is 5.92 Å². The zero-order valence-electron chi connectivity index (χ0n) is 17.5. The van der Waals surface area contributed by atoms with Gasteiger partial charge in [-0.15, -0.1) is 0 Å². The number of rotatable bonds is 5. The van der Waals surface area contributed by atoms with Gasteiger partial charge in [0.15, 0.2) is 5.78 Å². The molecule has 6 heteroatoms.